The lowest BCUT2D eigenvalue weighted by Crippen LogP contribution is -2.49. The Hall–Kier alpha value is -1.95. The van der Waals surface area contributed by atoms with E-state index in [-0.39, 0.29) is 25.0 Å². The standard InChI is InChI=1S/C24H29Cl3N2O3/c1-5-6-10-28-24(31)17(4)29(13-19-20(25)8-7-9-21(19)26)22(30)14-32-18-11-15(2)23(27)16(3)12-18/h7-9,11-12,17H,5-6,10,13-14H2,1-4H3,(H,28,31). The molecular formula is C24H29Cl3N2O3. The molecule has 1 unspecified atom stereocenters. The Labute approximate surface area is 205 Å². The molecule has 2 rings (SSSR count). The Kier molecular flexibility index (Phi) is 10.1. The predicted octanol–water partition coefficient (Wildman–Crippen LogP) is 5.98. The van der Waals surface area contributed by atoms with E-state index in [4.69, 9.17) is 39.5 Å². The maximum Gasteiger partial charge on any atom is 0.261 e. The number of ether oxygens (including phenoxy) is 1. The molecule has 8 heteroatoms. The van der Waals surface area contributed by atoms with Crippen molar-refractivity contribution in [2.75, 3.05) is 13.2 Å². The smallest absolute Gasteiger partial charge is 0.261 e. The normalized spacial score (nSPS) is 11.7. The first-order chi connectivity index (χ1) is 15.1. The maximum atomic E-state index is 13.2. The number of hydrogen-bond donors (Lipinski definition) is 1. The van der Waals surface area contributed by atoms with E-state index in [1.54, 1.807) is 37.3 Å². The summed E-state index contributed by atoms with van der Waals surface area (Å²) in [4.78, 5) is 27.3. The number of carbonyl (C=O) groups excluding carboxylic acids is 2. The number of unbranched alkanes of at least 4 members (excludes halogenated alkanes) is 1. The third kappa shape index (κ3) is 7.03. The highest BCUT2D eigenvalue weighted by molar-refractivity contribution is 6.36. The van der Waals surface area contributed by atoms with Crippen LogP contribution in [0.25, 0.3) is 0 Å². The van der Waals surface area contributed by atoms with Gasteiger partial charge in [0.15, 0.2) is 6.61 Å². The molecule has 0 aliphatic rings. The van der Waals surface area contributed by atoms with E-state index in [9.17, 15) is 9.59 Å². The molecule has 0 radical (unpaired) electrons. The molecule has 0 bridgehead atoms. The van der Waals surface area contributed by atoms with Gasteiger partial charge in [0, 0.05) is 33.7 Å². The third-order valence-electron chi connectivity index (χ3n) is 5.16. The van der Waals surface area contributed by atoms with Crippen LogP contribution in [0.4, 0.5) is 0 Å². The molecule has 0 saturated heterocycles. The molecule has 2 aromatic carbocycles. The fourth-order valence-corrected chi connectivity index (χ4v) is 3.82. The van der Waals surface area contributed by atoms with Crippen molar-refractivity contribution < 1.29 is 14.3 Å². The summed E-state index contributed by atoms with van der Waals surface area (Å²) in [7, 11) is 0. The number of nitrogens with one attached hydrogen (secondary N) is 1. The average molecular weight is 500 g/mol. The van der Waals surface area contributed by atoms with Crippen LogP contribution in [0.3, 0.4) is 0 Å². The van der Waals surface area contributed by atoms with Gasteiger partial charge in [-0.05, 0) is 62.6 Å². The van der Waals surface area contributed by atoms with Crippen molar-refractivity contribution in [2.24, 2.45) is 0 Å². The molecule has 0 heterocycles. The largest absolute Gasteiger partial charge is 0.484 e. The van der Waals surface area contributed by atoms with Gasteiger partial charge in [0.25, 0.3) is 5.91 Å². The van der Waals surface area contributed by atoms with Gasteiger partial charge in [0.1, 0.15) is 11.8 Å². The Morgan fingerprint density at radius 2 is 1.69 bits per heavy atom. The number of halogens is 3. The summed E-state index contributed by atoms with van der Waals surface area (Å²) in [5, 5.41) is 4.40. The zero-order valence-electron chi connectivity index (χ0n) is 18.8. The van der Waals surface area contributed by atoms with Gasteiger partial charge in [-0.1, -0.05) is 54.2 Å². The Balaban J connectivity index is 2.22. The van der Waals surface area contributed by atoms with Gasteiger partial charge in [-0.15, -0.1) is 0 Å². The average Bonchev–Trinajstić information content (AvgIpc) is 2.75. The van der Waals surface area contributed by atoms with Crippen molar-refractivity contribution >= 4 is 46.6 Å². The van der Waals surface area contributed by atoms with Crippen molar-refractivity contribution in [1.82, 2.24) is 10.2 Å². The topological polar surface area (TPSA) is 58.6 Å². The molecule has 1 atom stereocenters. The van der Waals surface area contributed by atoms with Crippen molar-refractivity contribution in [1.29, 1.82) is 0 Å². The summed E-state index contributed by atoms with van der Waals surface area (Å²) < 4.78 is 5.74. The van der Waals surface area contributed by atoms with Crippen LogP contribution < -0.4 is 10.1 Å². The SMILES string of the molecule is CCCCNC(=O)C(C)N(Cc1c(Cl)cccc1Cl)C(=O)COc1cc(C)c(Cl)c(C)c1. The van der Waals surface area contributed by atoms with Crippen LogP contribution in [-0.4, -0.2) is 35.9 Å². The molecular weight excluding hydrogens is 471 g/mol. The lowest BCUT2D eigenvalue weighted by molar-refractivity contribution is -0.142. The molecule has 0 aliphatic carbocycles. The molecule has 174 valence electrons. The first-order valence-corrected chi connectivity index (χ1v) is 11.7. The van der Waals surface area contributed by atoms with Crippen LogP contribution in [0, 0.1) is 13.8 Å². The monoisotopic (exact) mass is 498 g/mol. The van der Waals surface area contributed by atoms with Gasteiger partial charge >= 0.3 is 0 Å². The summed E-state index contributed by atoms with van der Waals surface area (Å²) in [6.45, 7) is 7.87. The van der Waals surface area contributed by atoms with Gasteiger partial charge in [-0.3, -0.25) is 9.59 Å². The van der Waals surface area contributed by atoms with Crippen molar-refractivity contribution in [3.63, 3.8) is 0 Å². The molecule has 5 nitrogen and oxygen atoms in total. The van der Waals surface area contributed by atoms with Crippen LogP contribution in [0.15, 0.2) is 30.3 Å². The second-order valence-electron chi connectivity index (χ2n) is 7.70. The molecule has 0 spiro atoms. The van der Waals surface area contributed by atoms with Gasteiger partial charge in [0.2, 0.25) is 5.91 Å². The predicted molar refractivity (Wildman–Crippen MR) is 131 cm³/mol. The van der Waals surface area contributed by atoms with Gasteiger partial charge in [-0.25, -0.2) is 0 Å². The van der Waals surface area contributed by atoms with Crippen molar-refractivity contribution in [3.05, 3.63) is 62.1 Å². The minimum atomic E-state index is -0.732. The molecule has 2 aromatic rings. The van der Waals surface area contributed by atoms with Crippen molar-refractivity contribution in [2.45, 2.75) is 53.1 Å². The zero-order valence-corrected chi connectivity index (χ0v) is 21.1. The summed E-state index contributed by atoms with van der Waals surface area (Å²) in [5.74, 6) is -0.0638. The maximum absolute atomic E-state index is 13.2. The lowest BCUT2D eigenvalue weighted by atomic mass is 10.1. The number of aryl methyl sites for hydroxylation is 2. The molecule has 1 N–H and O–H groups in total. The second kappa shape index (κ2) is 12.3. The van der Waals surface area contributed by atoms with Crippen LogP contribution >= 0.6 is 34.8 Å². The Morgan fingerprint density at radius 1 is 1.09 bits per heavy atom. The summed E-state index contributed by atoms with van der Waals surface area (Å²) in [5.41, 5.74) is 2.30. The number of rotatable bonds is 10. The van der Waals surface area contributed by atoms with E-state index in [0.29, 0.717) is 32.9 Å². The van der Waals surface area contributed by atoms with Crippen LogP contribution in [0.1, 0.15) is 43.4 Å². The van der Waals surface area contributed by atoms with Crippen LogP contribution in [0.5, 0.6) is 5.75 Å². The first-order valence-electron chi connectivity index (χ1n) is 10.5. The Bertz CT molecular complexity index is 922. The molecule has 0 saturated carbocycles. The number of nitrogens with zero attached hydrogens (tertiary/aromatic N) is 1. The number of benzene rings is 2. The van der Waals surface area contributed by atoms with Crippen LogP contribution in [0.2, 0.25) is 15.1 Å². The zero-order chi connectivity index (χ0) is 23.8. The molecule has 0 aromatic heterocycles. The van der Waals surface area contributed by atoms with E-state index < -0.39 is 6.04 Å². The Morgan fingerprint density at radius 3 is 2.25 bits per heavy atom. The minimum Gasteiger partial charge on any atom is -0.484 e. The first kappa shape index (κ1) is 26.3. The molecule has 0 fully saturated rings. The lowest BCUT2D eigenvalue weighted by Gasteiger charge is -2.29. The van der Waals surface area contributed by atoms with Gasteiger partial charge < -0.3 is 15.0 Å². The fraction of sp³-hybridized carbons (Fsp3) is 0.417. The minimum absolute atomic E-state index is 0.0851. The van der Waals surface area contributed by atoms with E-state index >= 15 is 0 Å². The molecule has 32 heavy (non-hydrogen) atoms. The molecule has 2 amide bonds. The number of hydrogen-bond acceptors (Lipinski definition) is 3. The highest BCUT2D eigenvalue weighted by Crippen LogP contribution is 2.28. The molecule has 0 aliphatic heterocycles. The van der Waals surface area contributed by atoms with Gasteiger partial charge in [-0.2, -0.15) is 0 Å². The second-order valence-corrected chi connectivity index (χ2v) is 8.89. The number of carbonyl (C=O) groups is 2. The summed E-state index contributed by atoms with van der Waals surface area (Å²) in [6.07, 6.45) is 1.82. The fourth-order valence-electron chi connectivity index (χ4n) is 3.19. The number of amides is 2. The summed E-state index contributed by atoms with van der Waals surface area (Å²) in [6, 6.07) is 7.96. The van der Waals surface area contributed by atoms with E-state index in [2.05, 4.69) is 5.32 Å². The quantitative estimate of drug-likeness (QED) is 0.409. The van der Waals surface area contributed by atoms with E-state index in [0.717, 1.165) is 24.0 Å². The van der Waals surface area contributed by atoms with E-state index in [1.165, 1.54) is 4.90 Å². The van der Waals surface area contributed by atoms with Crippen molar-refractivity contribution in [3.8, 4) is 5.75 Å². The van der Waals surface area contributed by atoms with Gasteiger partial charge in [0.05, 0.1) is 0 Å². The highest BCUT2D eigenvalue weighted by Gasteiger charge is 2.27. The third-order valence-corrected chi connectivity index (χ3v) is 6.46. The van der Waals surface area contributed by atoms with E-state index in [1.807, 2.05) is 20.8 Å². The van der Waals surface area contributed by atoms with Crippen LogP contribution in [-0.2, 0) is 16.1 Å². The summed E-state index contributed by atoms with van der Waals surface area (Å²) >= 11 is 18.9. The highest BCUT2D eigenvalue weighted by atomic mass is 35.5.